The number of hydrogen-bond acceptors (Lipinski definition) is 9. The lowest BCUT2D eigenvalue weighted by Crippen LogP contribution is -2.10. The molecule has 0 fully saturated rings. The highest BCUT2D eigenvalue weighted by Gasteiger charge is 2.16. The molecule has 2 rings (SSSR count). The number of unbranched alkanes of at least 4 members (excludes halogenated alkanes) is 8. The van der Waals surface area contributed by atoms with E-state index >= 15 is 0 Å². The zero-order chi connectivity index (χ0) is 30.9. The number of rotatable bonds is 17. The van der Waals surface area contributed by atoms with E-state index in [0.717, 1.165) is 19.3 Å². The van der Waals surface area contributed by atoms with Gasteiger partial charge >= 0.3 is 23.9 Å². The SMILES string of the molecule is CCCCCCCCCCCC(=O)Oc1ccc(C(O)C=Cc2ccc(OC(C)=O)cc2OC(C)=O)c(OC(C)=O)c1. The van der Waals surface area contributed by atoms with E-state index in [4.69, 9.17) is 18.9 Å². The second kappa shape index (κ2) is 18.5. The number of carbonyl (C=O) groups is 4. The van der Waals surface area contributed by atoms with Crippen LogP contribution in [0.3, 0.4) is 0 Å². The van der Waals surface area contributed by atoms with Gasteiger partial charge in [0.1, 0.15) is 29.1 Å². The van der Waals surface area contributed by atoms with Crippen molar-refractivity contribution in [1.29, 1.82) is 0 Å². The van der Waals surface area contributed by atoms with Gasteiger partial charge in [0.2, 0.25) is 0 Å². The quantitative estimate of drug-likeness (QED) is 0.119. The van der Waals surface area contributed by atoms with Crippen LogP contribution in [0, 0.1) is 0 Å². The molecular formula is C33H42O9. The zero-order valence-electron chi connectivity index (χ0n) is 25.0. The van der Waals surface area contributed by atoms with Crippen LogP contribution < -0.4 is 18.9 Å². The third kappa shape index (κ3) is 13.1. The predicted molar refractivity (Wildman–Crippen MR) is 158 cm³/mol. The Bertz CT molecular complexity index is 1230. The Labute approximate surface area is 247 Å². The predicted octanol–water partition coefficient (Wildman–Crippen LogP) is 7.04. The fraction of sp³-hybridized carbons (Fsp3) is 0.455. The lowest BCUT2D eigenvalue weighted by molar-refractivity contribution is -0.135. The molecule has 42 heavy (non-hydrogen) atoms. The number of benzene rings is 2. The van der Waals surface area contributed by atoms with Crippen LogP contribution in [0.1, 0.15) is 109 Å². The van der Waals surface area contributed by atoms with Gasteiger partial charge in [0.15, 0.2) is 0 Å². The molecule has 1 atom stereocenters. The maximum absolute atomic E-state index is 12.4. The molecule has 1 unspecified atom stereocenters. The van der Waals surface area contributed by atoms with Crippen LogP contribution in [0.15, 0.2) is 42.5 Å². The van der Waals surface area contributed by atoms with Crippen molar-refractivity contribution < 1.29 is 43.2 Å². The van der Waals surface area contributed by atoms with Gasteiger partial charge in [-0.25, -0.2) is 0 Å². The first-order valence-electron chi connectivity index (χ1n) is 14.5. The standard InChI is InChI=1S/C33H42O9/c1-5-6-7-8-9-10-11-12-13-14-33(38)42-28-18-19-29(32(22-28)41-25(4)36)30(37)20-16-26-15-17-27(39-23(2)34)21-31(26)40-24(3)35/h15-22,30,37H,5-14H2,1-4H3. The van der Waals surface area contributed by atoms with Gasteiger partial charge in [-0.15, -0.1) is 0 Å². The van der Waals surface area contributed by atoms with E-state index in [-0.39, 0.29) is 41.0 Å². The number of hydrogen-bond donors (Lipinski definition) is 1. The number of ether oxygens (including phenoxy) is 4. The third-order valence-electron chi connectivity index (χ3n) is 6.23. The summed E-state index contributed by atoms with van der Waals surface area (Å²) in [4.78, 5) is 46.9. The van der Waals surface area contributed by atoms with Crippen LogP contribution in [-0.4, -0.2) is 29.0 Å². The second-order valence-corrected chi connectivity index (χ2v) is 10.0. The van der Waals surface area contributed by atoms with Crippen molar-refractivity contribution in [2.45, 2.75) is 98.0 Å². The van der Waals surface area contributed by atoms with Gasteiger partial charge in [-0.3, -0.25) is 19.2 Å². The van der Waals surface area contributed by atoms with Crippen molar-refractivity contribution in [2.75, 3.05) is 0 Å². The summed E-state index contributed by atoms with van der Waals surface area (Å²) >= 11 is 0. The molecule has 0 saturated carbocycles. The fourth-order valence-electron chi connectivity index (χ4n) is 4.25. The Hall–Kier alpha value is -3.98. The molecule has 0 amide bonds. The van der Waals surface area contributed by atoms with Gasteiger partial charge in [0.25, 0.3) is 0 Å². The minimum atomic E-state index is -1.23. The van der Waals surface area contributed by atoms with Gasteiger partial charge in [0.05, 0.1) is 0 Å². The Morgan fingerprint density at radius 3 is 1.83 bits per heavy atom. The minimum absolute atomic E-state index is 0.0402. The maximum atomic E-state index is 12.4. The smallest absolute Gasteiger partial charge is 0.311 e. The highest BCUT2D eigenvalue weighted by molar-refractivity contribution is 5.75. The molecule has 0 spiro atoms. The zero-order valence-corrected chi connectivity index (χ0v) is 25.0. The molecule has 2 aromatic rings. The molecule has 0 aliphatic carbocycles. The summed E-state index contributed by atoms with van der Waals surface area (Å²) in [5.41, 5.74) is 0.682. The Morgan fingerprint density at radius 2 is 1.21 bits per heavy atom. The lowest BCUT2D eigenvalue weighted by Gasteiger charge is -2.14. The van der Waals surface area contributed by atoms with Crippen molar-refractivity contribution >= 4 is 30.0 Å². The van der Waals surface area contributed by atoms with Gasteiger partial charge in [-0.05, 0) is 30.7 Å². The highest BCUT2D eigenvalue weighted by atomic mass is 16.6. The molecule has 0 heterocycles. The summed E-state index contributed by atoms with van der Waals surface area (Å²) in [7, 11) is 0. The van der Waals surface area contributed by atoms with Gasteiger partial charge < -0.3 is 24.1 Å². The first-order chi connectivity index (χ1) is 20.1. The number of aliphatic hydroxyl groups is 1. The van der Waals surface area contributed by atoms with Crippen LogP contribution in [0.4, 0.5) is 0 Å². The summed E-state index contributed by atoms with van der Waals surface area (Å²) < 4.78 is 21.0. The summed E-state index contributed by atoms with van der Waals surface area (Å²) in [6, 6.07) is 8.87. The molecule has 0 aliphatic rings. The average molecular weight is 583 g/mol. The lowest BCUT2D eigenvalue weighted by atomic mass is 10.1. The third-order valence-corrected chi connectivity index (χ3v) is 6.23. The molecule has 228 valence electrons. The summed E-state index contributed by atoms with van der Waals surface area (Å²) in [6.07, 6.45) is 12.2. The van der Waals surface area contributed by atoms with Crippen LogP contribution in [-0.2, 0) is 19.2 Å². The molecule has 0 radical (unpaired) electrons. The minimum Gasteiger partial charge on any atom is -0.427 e. The number of carbonyl (C=O) groups excluding carboxylic acids is 4. The molecule has 2 aromatic carbocycles. The van der Waals surface area contributed by atoms with E-state index in [2.05, 4.69) is 6.92 Å². The monoisotopic (exact) mass is 582 g/mol. The van der Waals surface area contributed by atoms with Crippen molar-refractivity contribution in [3.63, 3.8) is 0 Å². The van der Waals surface area contributed by atoms with Crippen LogP contribution in [0.25, 0.3) is 6.08 Å². The van der Waals surface area contributed by atoms with E-state index in [1.165, 1.54) is 102 Å². The Balaban J connectivity index is 2.05. The van der Waals surface area contributed by atoms with E-state index in [1.807, 2.05) is 0 Å². The van der Waals surface area contributed by atoms with E-state index in [1.54, 1.807) is 6.07 Å². The molecule has 1 N–H and O–H groups in total. The Morgan fingerprint density at radius 1 is 0.690 bits per heavy atom. The topological polar surface area (TPSA) is 125 Å². The van der Waals surface area contributed by atoms with Crippen molar-refractivity contribution in [2.24, 2.45) is 0 Å². The Kier molecular flexibility index (Phi) is 15.0. The number of aliphatic hydroxyl groups excluding tert-OH is 1. The summed E-state index contributed by atoms with van der Waals surface area (Å²) in [5.74, 6) is -1.54. The molecule has 0 aromatic heterocycles. The number of esters is 4. The molecule has 0 bridgehead atoms. The molecular weight excluding hydrogens is 540 g/mol. The highest BCUT2D eigenvalue weighted by Crippen LogP contribution is 2.33. The maximum Gasteiger partial charge on any atom is 0.311 e. The van der Waals surface area contributed by atoms with Crippen LogP contribution in [0.2, 0.25) is 0 Å². The van der Waals surface area contributed by atoms with E-state index in [0.29, 0.717) is 5.56 Å². The average Bonchev–Trinajstić information content (AvgIpc) is 2.90. The summed E-state index contributed by atoms with van der Waals surface area (Å²) in [5, 5.41) is 10.9. The normalized spacial score (nSPS) is 11.6. The largest absolute Gasteiger partial charge is 0.427 e. The van der Waals surface area contributed by atoms with Gasteiger partial charge in [-0.2, -0.15) is 0 Å². The molecule has 0 saturated heterocycles. The van der Waals surface area contributed by atoms with Crippen molar-refractivity contribution in [1.82, 2.24) is 0 Å². The van der Waals surface area contributed by atoms with E-state index in [9.17, 15) is 24.3 Å². The molecule has 0 aliphatic heterocycles. The fourth-order valence-corrected chi connectivity index (χ4v) is 4.25. The van der Waals surface area contributed by atoms with Gasteiger partial charge in [-0.1, -0.05) is 70.4 Å². The van der Waals surface area contributed by atoms with Gasteiger partial charge in [0, 0.05) is 50.5 Å². The molecule has 9 nitrogen and oxygen atoms in total. The van der Waals surface area contributed by atoms with Crippen LogP contribution in [0.5, 0.6) is 23.0 Å². The first kappa shape index (κ1) is 34.2. The molecule has 9 heteroatoms. The second-order valence-electron chi connectivity index (χ2n) is 10.0. The summed E-state index contributed by atoms with van der Waals surface area (Å²) in [6.45, 7) is 5.91. The van der Waals surface area contributed by atoms with Crippen molar-refractivity contribution in [3.8, 4) is 23.0 Å². The van der Waals surface area contributed by atoms with E-state index < -0.39 is 24.0 Å². The van der Waals surface area contributed by atoms with Crippen molar-refractivity contribution in [3.05, 3.63) is 53.6 Å². The first-order valence-corrected chi connectivity index (χ1v) is 14.5. The van der Waals surface area contributed by atoms with Crippen LogP contribution >= 0.6 is 0 Å².